The first kappa shape index (κ1) is 18.7. The Bertz CT molecular complexity index is 505. The molecule has 0 unspecified atom stereocenters. The number of nitrogens with two attached hydrogens (primary N) is 1. The molecule has 1 aliphatic heterocycles. The molecule has 1 heterocycles. The molecule has 5 heteroatoms. The van der Waals surface area contributed by atoms with Crippen LogP contribution in [0.3, 0.4) is 0 Å². The lowest BCUT2D eigenvalue weighted by Crippen LogP contribution is -2.35. The molecule has 5 nitrogen and oxygen atoms in total. The number of aliphatic imine (C=N–C) groups is 1. The molecule has 0 radical (unpaired) electrons. The fourth-order valence-corrected chi connectivity index (χ4v) is 2.81. The lowest BCUT2D eigenvalue weighted by molar-refractivity contribution is 0.0792. The number of hydrogen-bond acceptors (Lipinski definition) is 3. The van der Waals surface area contributed by atoms with Gasteiger partial charge in [-0.3, -0.25) is 4.90 Å². The van der Waals surface area contributed by atoms with Crippen molar-refractivity contribution in [2.75, 3.05) is 19.6 Å². The van der Waals surface area contributed by atoms with E-state index in [9.17, 15) is 5.11 Å². The Morgan fingerprint density at radius 3 is 2.50 bits per heavy atom. The summed E-state index contributed by atoms with van der Waals surface area (Å²) in [7, 11) is 0. The molecule has 24 heavy (non-hydrogen) atoms. The van der Waals surface area contributed by atoms with E-state index in [-0.39, 0.29) is 6.10 Å². The van der Waals surface area contributed by atoms with Crippen LogP contribution in [-0.2, 0) is 13.1 Å². The molecule has 0 amide bonds. The van der Waals surface area contributed by atoms with E-state index in [1.165, 1.54) is 11.1 Å². The monoisotopic (exact) mass is 332 g/mol. The van der Waals surface area contributed by atoms with Crippen LogP contribution in [0, 0.1) is 5.92 Å². The van der Waals surface area contributed by atoms with Crippen LogP contribution in [-0.4, -0.2) is 41.7 Å². The molecule has 4 N–H and O–H groups in total. The number of piperidine rings is 1. The highest BCUT2D eigenvalue weighted by Gasteiger charge is 2.16. The Balaban J connectivity index is 1.75. The van der Waals surface area contributed by atoms with Gasteiger partial charge >= 0.3 is 0 Å². The fourth-order valence-electron chi connectivity index (χ4n) is 2.81. The first-order valence-electron chi connectivity index (χ1n) is 9.05. The minimum atomic E-state index is -0.110. The third-order valence-corrected chi connectivity index (χ3v) is 4.45. The summed E-state index contributed by atoms with van der Waals surface area (Å²) in [5.41, 5.74) is 8.36. The summed E-state index contributed by atoms with van der Waals surface area (Å²) in [4.78, 5) is 6.79. The topological polar surface area (TPSA) is 73.9 Å². The van der Waals surface area contributed by atoms with Crippen LogP contribution in [0.2, 0.25) is 0 Å². The van der Waals surface area contributed by atoms with E-state index in [1.807, 2.05) is 0 Å². The van der Waals surface area contributed by atoms with Gasteiger partial charge < -0.3 is 16.2 Å². The van der Waals surface area contributed by atoms with Gasteiger partial charge in [0.1, 0.15) is 0 Å². The minimum absolute atomic E-state index is 0.110. The Morgan fingerprint density at radius 2 is 1.88 bits per heavy atom. The molecular weight excluding hydrogens is 300 g/mol. The van der Waals surface area contributed by atoms with E-state index in [0.29, 0.717) is 18.4 Å². The molecule has 1 aromatic rings. The number of aliphatic hydroxyl groups excluding tert-OH is 1. The summed E-state index contributed by atoms with van der Waals surface area (Å²) >= 11 is 0. The lowest BCUT2D eigenvalue weighted by atomic mass is 10.1. The maximum Gasteiger partial charge on any atom is 0.188 e. The minimum Gasteiger partial charge on any atom is -0.393 e. The second-order valence-electron chi connectivity index (χ2n) is 7.13. The molecule has 0 saturated carbocycles. The van der Waals surface area contributed by atoms with Gasteiger partial charge in [0.15, 0.2) is 5.96 Å². The average Bonchev–Trinajstić information content (AvgIpc) is 2.56. The Kier molecular flexibility index (Phi) is 7.53. The number of likely N-dealkylation sites (tertiary alicyclic amines) is 1. The first-order chi connectivity index (χ1) is 11.5. The van der Waals surface area contributed by atoms with Crippen molar-refractivity contribution in [3.8, 4) is 0 Å². The van der Waals surface area contributed by atoms with Gasteiger partial charge in [0.2, 0.25) is 0 Å². The number of nitrogens with one attached hydrogen (secondary N) is 1. The zero-order chi connectivity index (χ0) is 17.4. The quantitative estimate of drug-likeness (QED) is 0.528. The summed E-state index contributed by atoms with van der Waals surface area (Å²) in [6, 6.07) is 8.58. The fraction of sp³-hybridized carbons (Fsp3) is 0.632. The van der Waals surface area contributed by atoms with Crippen molar-refractivity contribution in [2.24, 2.45) is 16.6 Å². The molecule has 0 atom stereocenters. The average molecular weight is 332 g/mol. The molecule has 0 aromatic heterocycles. The smallest absolute Gasteiger partial charge is 0.188 e. The van der Waals surface area contributed by atoms with Crippen LogP contribution >= 0.6 is 0 Å². The van der Waals surface area contributed by atoms with E-state index >= 15 is 0 Å². The molecule has 1 aromatic carbocycles. The molecule has 0 spiro atoms. The standard InChI is InChI=1S/C19H32N4O/c1-15(2)7-10-21-19(20)22-13-16-3-5-17(6-4-16)14-23-11-8-18(24)9-12-23/h3-6,15,18,24H,7-14H2,1-2H3,(H3,20,21,22). The Morgan fingerprint density at radius 1 is 1.25 bits per heavy atom. The van der Waals surface area contributed by atoms with Gasteiger partial charge in [-0.15, -0.1) is 0 Å². The van der Waals surface area contributed by atoms with E-state index in [2.05, 4.69) is 53.3 Å². The number of benzene rings is 1. The maximum atomic E-state index is 9.56. The van der Waals surface area contributed by atoms with E-state index in [0.717, 1.165) is 45.4 Å². The molecule has 134 valence electrons. The zero-order valence-electron chi connectivity index (χ0n) is 15.0. The maximum absolute atomic E-state index is 9.56. The van der Waals surface area contributed by atoms with Crippen LogP contribution in [0.1, 0.15) is 44.2 Å². The SMILES string of the molecule is CC(C)CCNC(N)=NCc1ccc(CN2CCC(O)CC2)cc1. The van der Waals surface area contributed by atoms with Gasteiger partial charge in [-0.05, 0) is 36.3 Å². The van der Waals surface area contributed by atoms with Crippen molar-refractivity contribution in [1.82, 2.24) is 10.2 Å². The Labute approximate surface area is 146 Å². The summed E-state index contributed by atoms with van der Waals surface area (Å²) in [6.45, 7) is 8.78. The summed E-state index contributed by atoms with van der Waals surface area (Å²) < 4.78 is 0. The zero-order valence-corrected chi connectivity index (χ0v) is 15.0. The van der Waals surface area contributed by atoms with Crippen molar-refractivity contribution in [3.63, 3.8) is 0 Å². The third kappa shape index (κ3) is 6.89. The predicted molar refractivity (Wildman–Crippen MR) is 99.7 cm³/mol. The third-order valence-electron chi connectivity index (χ3n) is 4.45. The van der Waals surface area contributed by atoms with E-state index < -0.39 is 0 Å². The highest BCUT2D eigenvalue weighted by atomic mass is 16.3. The van der Waals surface area contributed by atoms with Crippen LogP contribution in [0.5, 0.6) is 0 Å². The van der Waals surface area contributed by atoms with Crippen molar-refractivity contribution in [2.45, 2.75) is 52.3 Å². The molecule has 1 fully saturated rings. The normalized spacial score (nSPS) is 17.4. The van der Waals surface area contributed by atoms with Gasteiger partial charge in [-0.25, -0.2) is 4.99 Å². The highest BCUT2D eigenvalue weighted by Crippen LogP contribution is 2.14. The number of nitrogens with zero attached hydrogens (tertiary/aromatic N) is 2. The molecular formula is C19H32N4O. The van der Waals surface area contributed by atoms with Gasteiger partial charge in [0.05, 0.1) is 12.6 Å². The van der Waals surface area contributed by atoms with Gasteiger partial charge in [0.25, 0.3) is 0 Å². The van der Waals surface area contributed by atoms with Crippen LogP contribution in [0.25, 0.3) is 0 Å². The van der Waals surface area contributed by atoms with Gasteiger partial charge in [-0.1, -0.05) is 38.1 Å². The number of aliphatic hydroxyl groups is 1. The molecule has 0 bridgehead atoms. The second kappa shape index (κ2) is 9.64. The Hall–Kier alpha value is -1.59. The summed E-state index contributed by atoms with van der Waals surface area (Å²) in [5.74, 6) is 1.19. The summed E-state index contributed by atoms with van der Waals surface area (Å²) in [5, 5.41) is 12.7. The predicted octanol–water partition coefficient (Wildman–Crippen LogP) is 2.09. The van der Waals surface area contributed by atoms with Crippen molar-refractivity contribution in [3.05, 3.63) is 35.4 Å². The largest absolute Gasteiger partial charge is 0.393 e. The van der Waals surface area contributed by atoms with Gasteiger partial charge in [-0.2, -0.15) is 0 Å². The van der Waals surface area contributed by atoms with E-state index in [4.69, 9.17) is 5.73 Å². The summed E-state index contributed by atoms with van der Waals surface area (Å²) in [6.07, 6.45) is 2.76. The molecule has 0 aliphatic carbocycles. The number of hydrogen-bond donors (Lipinski definition) is 3. The molecule has 1 saturated heterocycles. The van der Waals surface area contributed by atoms with Crippen LogP contribution in [0.15, 0.2) is 29.3 Å². The van der Waals surface area contributed by atoms with Crippen molar-refractivity contribution < 1.29 is 5.11 Å². The number of rotatable bonds is 7. The van der Waals surface area contributed by atoms with Crippen molar-refractivity contribution in [1.29, 1.82) is 0 Å². The first-order valence-corrected chi connectivity index (χ1v) is 9.05. The van der Waals surface area contributed by atoms with Crippen LogP contribution in [0.4, 0.5) is 0 Å². The lowest BCUT2D eigenvalue weighted by Gasteiger charge is -2.29. The molecule has 1 aliphatic rings. The second-order valence-corrected chi connectivity index (χ2v) is 7.13. The molecule has 2 rings (SSSR count). The number of guanidine groups is 1. The van der Waals surface area contributed by atoms with E-state index in [1.54, 1.807) is 0 Å². The van der Waals surface area contributed by atoms with Crippen molar-refractivity contribution >= 4 is 5.96 Å². The van der Waals surface area contributed by atoms with Gasteiger partial charge in [0, 0.05) is 26.2 Å². The van der Waals surface area contributed by atoms with Crippen LogP contribution < -0.4 is 11.1 Å². The highest BCUT2D eigenvalue weighted by molar-refractivity contribution is 5.77.